The van der Waals surface area contributed by atoms with E-state index in [0.29, 0.717) is 0 Å². The molecule has 3 nitrogen and oxygen atoms in total. The summed E-state index contributed by atoms with van der Waals surface area (Å²) in [4.78, 5) is 0. The standard InChI is InChI=1S/C11H12N2O/c1-8(12)11-10(7-14-13-11)9-5-3-2-4-6-9/h2-8H,12H2,1H3. The Hall–Kier alpha value is -1.61. The Morgan fingerprint density at radius 1 is 1.29 bits per heavy atom. The third-order valence-corrected chi connectivity index (χ3v) is 2.11. The van der Waals surface area contributed by atoms with E-state index in [4.69, 9.17) is 10.3 Å². The number of aromatic nitrogens is 1. The van der Waals surface area contributed by atoms with Gasteiger partial charge < -0.3 is 10.3 Å². The first-order chi connectivity index (χ1) is 6.79. The van der Waals surface area contributed by atoms with Crippen molar-refractivity contribution in [3.05, 3.63) is 42.3 Å². The minimum atomic E-state index is -0.107. The van der Waals surface area contributed by atoms with Gasteiger partial charge in [-0.15, -0.1) is 0 Å². The molecule has 0 fully saturated rings. The molecule has 2 aromatic rings. The maximum Gasteiger partial charge on any atom is 0.131 e. The van der Waals surface area contributed by atoms with E-state index in [-0.39, 0.29) is 6.04 Å². The fourth-order valence-corrected chi connectivity index (χ4v) is 1.41. The number of hydrogen-bond acceptors (Lipinski definition) is 3. The van der Waals surface area contributed by atoms with Crippen LogP contribution in [0.1, 0.15) is 18.7 Å². The van der Waals surface area contributed by atoms with Crippen LogP contribution in [0.3, 0.4) is 0 Å². The van der Waals surface area contributed by atoms with E-state index in [1.54, 1.807) is 6.26 Å². The van der Waals surface area contributed by atoms with Gasteiger partial charge >= 0.3 is 0 Å². The predicted octanol–water partition coefficient (Wildman–Crippen LogP) is 2.36. The average molecular weight is 188 g/mol. The molecule has 0 aliphatic carbocycles. The Kier molecular flexibility index (Phi) is 2.33. The van der Waals surface area contributed by atoms with Gasteiger partial charge in [-0.05, 0) is 12.5 Å². The maximum atomic E-state index is 5.77. The fourth-order valence-electron chi connectivity index (χ4n) is 1.41. The normalized spacial score (nSPS) is 12.7. The van der Waals surface area contributed by atoms with Crippen molar-refractivity contribution >= 4 is 0 Å². The second-order valence-corrected chi connectivity index (χ2v) is 3.27. The lowest BCUT2D eigenvalue weighted by atomic mass is 10.0. The van der Waals surface area contributed by atoms with Crippen LogP contribution in [0.4, 0.5) is 0 Å². The van der Waals surface area contributed by atoms with Crippen LogP contribution in [0.5, 0.6) is 0 Å². The highest BCUT2D eigenvalue weighted by atomic mass is 16.5. The van der Waals surface area contributed by atoms with E-state index >= 15 is 0 Å². The number of nitrogens with zero attached hydrogens (tertiary/aromatic N) is 1. The first kappa shape index (κ1) is 8.97. The summed E-state index contributed by atoms with van der Waals surface area (Å²) in [6.07, 6.45) is 1.63. The molecule has 2 N–H and O–H groups in total. The predicted molar refractivity (Wildman–Crippen MR) is 54.5 cm³/mol. The van der Waals surface area contributed by atoms with E-state index in [1.165, 1.54) is 0 Å². The van der Waals surface area contributed by atoms with Crippen LogP contribution in [-0.4, -0.2) is 5.16 Å². The summed E-state index contributed by atoms with van der Waals surface area (Å²) in [5, 5.41) is 3.89. The Bertz CT molecular complexity index is 406. The minimum Gasteiger partial charge on any atom is -0.364 e. The summed E-state index contributed by atoms with van der Waals surface area (Å²) in [5.41, 5.74) is 8.63. The molecule has 1 aromatic heterocycles. The third-order valence-electron chi connectivity index (χ3n) is 2.11. The van der Waals surface area contributed by atoms with Gasteiger partial charge in [0.15, 0.2) is 0 Å². The molecule has 1 heterocycles. The zero-order chi connectivity index (χ0) is 9.97. The highest BCUT2D eigenvalue weighted by Gasteiger charge is 2.12. The van der Waals surface area contributed by atoms with E-state index in [2.05, 4.69) is 5.16 Å². The van der Waals surface area contributed by atoms with Crippen LogP contribution in [0.15, 0.2) is 41.1 Å². The minimum absolute atomic E-state index is 0.107. The van der Waals surface area contributed by atoms with E-state index in [0.717, 1.165) is 16.8 Å². The molecule has 2 rings (SSSR count). The molecule has 14 heavy (non-hydrogen) atoms. The summed E-state index contributed by atoms with van der Waals surface area (Å²) in [6.45, 7) is 1.89. The van der Waals surface area contributed by atoms with Crippen LogP contribution in [-0.2, 0) is 0 Å². The van der Waals surface area contributed by atoms with Crippen LogP contribution < -0.4 is 5.73 Å². The Balaban J connectivity index is 2.47. The van der Waals surface area contributed by atoms with Crippen molar-refractivity contribution < 1.29 is 4.52 Å². The smallest absolute Gasteiger partial charge is 0.131 e. The Morgan fingerprint density at radius 2 is 2.00 bits per heavy atom. The lowest BCUT2D eigenvalue weighted by molar-refractivity contribution is 0.407. The van der Waals surface area contributed by atoms with Crippen molar-refractivity contribution in [1.82, 2.24) is 5.16 Å². The molecule has 72 valence electrons. The molecule has 3 heteroatoms. The molecule has 0 amide bonds. The molecule has 0 radical (unpaired) electrons. The van der Waals surface area contributed by atoms with Gasteiger partial charge in [-0.25, -0.2) is 0 Å². The van der Waals surface area contributed by atoms with Gasteiger partial charge in [0.2, 0.25) is 0 Å². The maximum absolute atomic E-state index is 5.77. The number of rotatable bonds is 2. The Morgan fingerprint density at radius 3 is 2.64 bits per heavy atom. The molecular formula is C11H12N2O. The van der Waals surface area contributed by atoms with Crippen LogP contribution in [0.2, 0.25) is 0 Å². The fraction of sp³-hybridized carbons (Fsp3) is 0.182. The molecule has 1 unspecified atom stereocenters. The molecular weight excluding hydrogens is 176 g/mol. The van der Waals surface area contributed by atoms with Crippen LogP contribution >= 0.6 is 0 Å². The Labute approximate surface area is 82.5 Å². The monoisotopic (exact) mass is 188 g/mol. The van der Waals surface area contributed by atoms with Crippen molar-refractivity contribution in [3.8, 4) is 11.1 Å². The second kappa shape index (κ2) is 3.64. The molecule has 1 aromatic carbocycles. The van der Waals surface area contributed by atoms with Crippen molar-refractivity contribution in [3.63, 3.8) is 0 Å². The molecule has 0 aliphatic rings. The first-order valence-electron chi connectivity index (χ1n) is 4.54. The highest BCUT2D eigenvalue weighted by molar-refractivity contribution is 5.64. The summed E-state index contributed by atoms with van der Waals surface area (Å²) in [5.74, 6) is 0. The second-order valence-electron chi connectivity index (χ2n) is 3.27. The van der Waals surface area contributed by atoms with Crippen molar-refractivity contribution in [2.45, 2.75) is 13.0 Å². The average Bonchev–Trinajstić information content (AvgIpc) is 2.67. The van der Waals surface area contributed by atoms with Gasteiger partial charge in [0.05, 0.1) is 0 Å². The van der Waals surface area contributed by atoms with Crippen molar-refractivity contribution in [1.29, 1.82) is 0 Å². The molecule has 0 saturated carbocycles. The van der Waals surface area contributed by atoms with Crippen LogP contribution in [0.25, 0.3) is 11.1 Å². The highest BCUT2D eigenvalue weighted by Crippen LogP contribution is 2.25. The SMILES string of the molecule is CC(N)c1nocc1-c1ccccc1. The number of nitrogens with two attached hydrogens (primary N) is 1. The van der Waals surface area contributed by atoms with E-state index < -0.39 is 0 Å². The summed E-state index contributed by atoms with van der Waals surface area (Å²) >= 11 is 0. The summed E-state index contributed by atoms with van der Waals surface area (Å²) < 4.78 is 4.93. The lowest BCUT2D eigenvalue weighted by Gasteiger charge is -2.03. The summed E-state index contributed by atoms with van der Waals surface area (Å²) in [7, 11) is 0. The topological polar surface area (TPSA) is 52.0 Å². The zero-order valence-electron chi connectivity index (χ0n) is 7.97. The third kappa shape index (κ3) is 1.54. The van der Waals surface area contributed by atoms with Crippen molar-refractivity contribution in [2.24, 2.45) is 5.73 Å². The van der Waals surface area contributed by atoms with Gasteiger partial charge in [-0.1, -0.05) is 35.5 Å². The van der Waals surface area contributed by atoms with Gasteiger partial charge in [-0.2, -0.15) is 0 Å². The quantitative estimate of drug-likeness (QED) is 0.787. The summed E-state index contributed by atoms with van der Waals surface area (Å²) in [6, 6.07) is 9.85. The number of benzene rings is 1. The van der Waals surface area contributed by atoms with Gasteiger partial charge in [-0.3, -0.25) is 0 Å². The first-order valence-corrected chi connectivity index (χ1v) is 4.54. The van der Waals surface area contributed by atoms with Crippen LogP contribution in [0, 0.1) is 0 Å². The van der Waals surface area contributed by atoms with Gasteiger partial charge in [0.25, 0.3) is 0 Å². The van der Waals surface area contributed by atoms with Gasteiger partial charge in [0.1, 0.15) is 12.0 Å². The molecule has 0 bridgehead atoms. The molecule has 0 spiro atoms. The molecule has 0 aliphatic heterocycles. The lowest BCUT2D eigenvalue weighted by Crippen LogP contribution is -2.06. The van der Waals surface area contributed by atoms with Crippen molar-refractivity contribution in [2.75, 3.05) is 0 Å². The molecule has 1 atom stereocenters. The van der Waals surface area contributed by atoms with E-state index in [1.807, 2.05) is 37.3 Å². The zero-order valence-corrected chi connectivity index (χ0v) is 7.97. The molecule has 0 saturated heterocycles. The van der Waals surface area contributed by atoms with E-state index in [9.17, 15) is 0 Å². The van der Waals surface area contributed by atoms with Gasteiger partial charge in [0, 0.05) is 11.6 Å². The number of hydrogen-bond donors (Lipinski definition) is 1. The largest absolute Gasteiger partial charge is 0.364 e.